The molecule has 1 saturated carbocycles. The molecule has 2 rings (SSSR count). The van der Waals surface area contributed by atoms with Crippen molar-refractivity contribution in [3.8, 4) is 5.75 Å². The molecule has 0 aromatic heterocycles. The minimum absolute atomic E-state index is 0.0340. The third-order valence-corrected chi connectivity index (χ3v) is 2.65. The van der Waals surface area contributed by atoms with Crippen LogP contribution in [0.5, 0.6) is 5.75 Å². The largest absolute Gasteiger partial charge is 0.508 e. The van der Waals surface area contributed by atoms with Crippen molar-refractivity contribution in [3.63, 3.8) is 0 Å². The van der Waals surface area contributed by atoms with Crippen LogP contribution in [0.1, 0.15) is 28.8 Å². The van der Waals surface area contributed by atoms with Gasteiger partial charge in [0.1, 0.15) is 5.75 Å². The first-order valence-electron chi connectivity index (χ1n) is 4.59. The Kier molecular flexibility index (Phi) is 2.14. The highest BCUT2D eigenvalue weighted by atomic mass is 16.3. The van der Waals surface area contributed by atoms with Gasteiger partial charge in [-0.3, -0.25) is 4.79 Å². The number of rotatable bonds is 3. The van der Waals surface area contributed by atoms with Crippen molar-refractivity contribution < 1.29 is 14.7 Å². The Morgan fingerprint density at radius 2 is 2.20 bits per heavy atom. The van der Waals surface area contributed by atoms with Crippen LogP contribution in [0.3, 0.4) is 0 Å². The second-order valence-electron chi connectivity index (χ2n) is 3.62. The molecule has 0 radical (unpaired) electrons. The third kappa shape index (κ3) is 1.55. The first-order valence-corrected chi connectivity index (χ1v) is 4.59. The highest BCUT2D eigenvalue weighted by Gasteiger charge is 2.46. The number of isocyanates is 1. The van der Waals surface area contributed by atoms with E-state index >= 15 is 0 Å². The van der Waals surface area contributed by atoms with Gasteiger partial charge in [-0.15, -0.1) is 0 Å². The number of aliphatic imine (C=N–C) groups is 1. The van der Waals surface area contributed by atoms with Crippen molar-refractivity contribution in [3.05, 3.63) is 29.3 Å². The minimum Gasteiger partial charge on any atom is -0.508 e. The summed E-state index contributed by atoms with van der Waals surface area (Å²) in [6, 6.07) is 4.50. The van der Waals surface area contributed by atoms with Crippen LogP contribution in [0.25, 0.3) is 0 Å². The van der Waals surface area contributed by atoms with Gasteiger partial charge in [0.05, 0.1) is 5.54 Å². The number of benzene rings is 1. The second kappa shape index (κ2) is 3.33. The molecular weight excluding hydrogens is 194 g/mol. The summed E-state index contributed by atoms with van der Waals surface area (Å²) >= 11 is 0. The van der Waals surface area contributed by atoms with Gasteiger partial charge in [-0.1, -0.05) is 6.07 Å². The van der Waals surface area contributed by atoms with Crippen LogP contribution in [0.2, 0.25) is 0 Å². The summed E-state index contributed by atoms with van der Waals surface area (Å²) in [5.74, 6) is 0.0340. The van der Waals surface area contributed by atoms with Gasteiger partial charge in [-0.25, -0.2) is 4.79 Å². The maximum atomic E-state index is 10.8. The summed E-state index contributed by atoms with van der Waals surface area (Å²) in [4.78, 5) is 24.8. The molecule has 0 bridgehead atoms. The predicted octanol–water partition coefficient (Wildman–Crippen LogP) is 1.53. The van der Waals surface area contributed by atoms with E-state index in [1.807, 2.05) is 0 Å². The average molecular weight is 203 g/mol. The standard InChI is InChI=1S/C11H9NO3/c13-6-8-5-9(15)1-2-10(8)11(3-4-11)12-7-14/h1-2,5-6,15H,3-4H2. The van der Waals surface area contributed by atoms with Crippen molar-refractivity contribution in [2.24, 2.45) is 4.99 Å². The van der Waals surface area contributed by atoms with Crippen molar-refractivity contribution >= 4 is 12.4 Å². The number of hydrogen-bond donors (Lipinski definition) is 1. The van der Waals surface area contributed by atoms with E-state index in [4.69, 9.17) is 0 Å². The van der Waals surface area contributed by atoms with Crippen molar-refractivity contribution in [1.82, 2.24) is 0 Å². The summed E-state index contributed by atoms with van der Waals surface area (Å²) in [6.45, 7) is 0. The molecule has 1 aromatic carbocycles. The number of phenolic OH excluding ortho intramolecular Hbond substituents is 1. The molecule has 0 heterocycles. The maximum absolute atomic E-state index is 10.8. The van der Waals surface area contributed by atoms with E-state index in [1.54, 1.807) is 6.07 Å². The molecule has 4 nitrogen and oxygen atoms in total. The van der Waals surface area contributed by atoms with Gasteiger partial charge < -0.3 is 5.11 Å². The van der Waals surface area contributed by atoms with Gasteiger partial charge in [0.25, 0.3) is 0 Å². The van der Waals surface area contributed by atoms with E-state index in [0.29, 0.717) is 17.4 Å². The smallest absolute Gasteiger partial charge is 0.235 e. The lowest BCUT2D eigenvalue weighted by molar-refractivity contribution is 0.112. The number of carbonyl (C=O) groups excluding carboxylic acids is 2. The molecule has 0 amide bonds. The van der Waals surface area contributed by atoms with E-state index in [-0.39, 0.29) is 5.75 Å². The quantitative estimate of drug-likeness (QED) is 0.460. The maximum Gasteiger partial charge on any atom is 0.235 e. The van der Waals surface area contributed by atoms with Gasteiger partial charge in [0.15, 0.2) is 6.29 Å². The van der Waals surface area contributed by atoms with Crippen LogP contribution in [0, 0.1) is 0 Å². The van der Waals surface area contributed by atoms with Crippen molar-refractivity contribution in [2.45, 2.75) is 18.4 Å². The Balaban J connectivity index is 2.53. The molecule has 4 heteroatoms. The average Bonchev–Trinajstić information content (AvgIpc) is 2.99. The molecule has 0 spiro atoms. The monoisotopic (exact) mass is 203 g/mol. The molecule has 1 aromatic rings. The molecule has 1 N–H and O–H groups in total. The van der Waals surface area contributed by atoms with Crippen LogP contribution in [0.4, 0.5) is 0 Å². The zero-order valence-corrected chi connectivity index (χ0v) is 7.93. The van der Waals surface area contributed by atoms with Gasteiger partial charge in [-0.2, -0.15) is 4.99 Å². The number of hydrogen-bond acceptors (Lipinski definition) is 4. The summed E-state index contributed by atoms with van der Waals surface area (Å²) in [7, 11) is 0. The Morgan fingerprint density at radius 3 is 2.73 bits per heavy atom. The molecule has 0 saturated heterocycles. The number of carbonyl (C=O) groups is 1. The lowest BCUT2D eigenvalue weighted by Gasteiger charge is -2.10. The van der Waals surface area contributed by atoms with Crippen LogP contribution in [0.15, 0.2) is 23.2 Å². The molecule has 0 unspecified atom stereocenters. The number of aromatic hydroxyl groups is 1. The Labute approximate surface area is 86.3 Å². The van der Waals surface area contributed by atoms with Crippen LogP contribution in [-0.4, -0.2) is 17.5 Å². The Bertz CT molecular complexity index is 457. The van der Waals surface area contributed by atoms with Gasteiger partial charge in [0.2, 0.25) is 6.08 Å². The summed E-state index contributed by atoms with van der Waals surface area (Å²) in [5.41, 5.74) is 0.510. The van der Waals surface area contributed by atoms with E-state index in [2.05, 4.69) is 4.99 Å². The molecule has 1 aliphatic rings. The topological polar surface area (TPSA) is 66.7 Å². The normalized spacial score (nSPS) is 16.5. The fourth-order valence-electron chi connectivity index (χ4n) is 1.72. The molecule has 1 aliphatic carbocycles. The highest BCUT2D eigenvalue weighted by molar-refractivity contribution is 5.79. The lowest BCUT2D eigenvalue weighted by atomic mass is 9.99. The SMILES string of the molecule is O=C=NC1(c2ccc(O)cc2C=O)CC1. The Morgan fingerprint density at radius 1 is 1.47 bits per heavy atom. The van der Waals surface area contributed by atoms with Gasteiger partial charge >= 0.3 is 0 Å². The highest BCUT2D eigenvalue weighted by Crippen LogP contribution is 2.50. The van der Waals surface area contributed by atoms with E-state index in [0.717, 1.165) is 12.8 Å². The fourth-order valence-corrected chi connectivity index (χ4v) is 1.72. The lowest BCUT2D eigenvalue weighted by Crippen LogP contribution is -2.06. The summed E-state index contributed by atoms with van der Waals surface area (Å²) in [5, 5.41) is 9.22. The van der Waals surface area contributed by atoms with E-state index in [9.17, 15) is 14.7 Å². The van der Waals surface area contributed by atoms with E-state index in [1.165, 1.54) is 18.2 Å². The molecule has 0 atom stereocenters. The molecule has 76 valence electrons. The number of aldehydes is 1. The second-order valence-corrected chi connectivity index (χ2v) is 3.62. The zero-order chi connectivity index (χ0) is 10.9. The summed E-state index contributed by atoms with van der Waals surface area (Å²) in [6.07, 6.45) is 3.68. The first-order chi connectivity index (χ1) is 7.22. The third-order valence-electron chi connectivity index (χ3n) is 2.65. The fraction of sp³-hybridized carbons (Fsp3) is 0.273. The number of phenols is 1. The molecule has 0 aliphatic heterocycles. The number of nitrogens with zero attached hydrogens (tertiary/aromatic N) is 1. The van der Waals surface area contributed by atoms with E-state index < -0.39 is 5.54 Å². The van der Waals surface area contributed by atoms with Crippen molar-refractivity contribution in [2.75, 3.05) is 0 Å². The van der Waals surface area contributed by atoms with Gasteiger partial charge in [0, 0.05) is 5.56 Å². The van der Waals surface area contributed by atoms with Crippen LogP contribution >= 0.6 is 0 Å². The minimum atomic E-state index is -0.564. The molecule has 15 heavy (non-hydrogen) atoms. The zero-order valence-electron chi connectivity index (χ0n) is 7.93. The predicted molar refractivity (Wildman–Crippen MR) is 52.5 cm³/mol. The van der Waals surface area contributed by atoms with Crippen LogP contribution < -0.4 is 0 Å². The summed E-state index contributed by atoms with van der Waals surface area (Å²) < 4.78 is 0. The Hall–Kier alpha value is -1.93. The first kappa shape index (κ1) is 9.62. The van der Waals surface area contributed by atoms with Crippen molar-refractivity contribution in [1.29, 1.82) is 0 Å². The molecule has 1 fully saturated rings. The molecular formula is C11H9NO3. The van der Waals surface area contributed by atoms with Gasteiger partial charge in [-0.05, 0) is 30.5 Å². The van der Waals surface area contributed by atoms with Crippen LogP contribution in [-0.2, 0) is 10.3 Å².